The Labute approximate surface area is 184 Å². The van der Waals surface area contributed by atoms with Gasteiger partial charge in [-0.3, -0.25) is 4.79 Å². The van der Waals surface area contributed by atoms with Crippen LogP contribution in [0.25, 0.3) is 0 Å². The first kappa shape index (κ1) is 21.2. The van der Waals surface area contributed by atoms with Gasteiger partial charge in [0.1, 0.15) is 5.78 Å². The summed E-state index contributed by atoms with van der Waals surface area (Å²) < 4.78 is 0. The van der Waals surface area contributed by atoms with Crippen molar-refractivity contribution in [1.29, 1.82) is 0 Å². The number of carbonyl (C=O) groups is 1. The van der Waals surface area contributed by atoms with Gasteiger partial charge in [-0.1, -0.05) is 46.3 Å². The summed E-state index contributed by atoms with van der Waals surface area (Å²) in [4.78, 5) is 12.6. The van der Waals surface area contributed by atoms with Crippen LogP contribution < -0.4 is 0 Å². The maximum Gasteiger partial charge on any atom is 0.138 e. The van der Waals surface area contributed by atoms with Crippen LogP contribution in [0.5, 0.6) is 0 Å². The molecule has 168 valence electrons. The van der Waals surface area contributed by atoms with Crippen molar-refractivity contribution in [2.45, 2.75) is 98.5 Å². The molecule has 0 heterocycles. The fourth-order valence-electron chi connectivity index (χ4n) is 9.40. The lowest BCUT2D eigenvalue weighted by atomic mass is 9.47. The van der Waals surface area contributed by atoms with E-state index in [1.165, 1.54) is 38.5 Å². The van der Waals surface area contributed by atoms with Crippen LogP contribution in [0, 0.1) is 58.2 Å². The Balaban J connectivity index is 1.34. The van der Waals surface area contributed by atoms with Crippen molar-refractivity contribution < 1.29 is 9.90 Å². The van der Waals surface area contributed by atoms with E-state index in [-0.39, 0.29) is 12.0 Å². The number of Topliss-reactive ketones (excluding diaryl/α,β-unsaturated/α-hetero) is 1. The minimum absolute atomic E-state index is 0.105. The SMILES string of the molecule is CC(C)C(=O)[C@H]1C[C@@H]1[C@@H](C)[C@H]1CC[C@H]2[C@@H]3CC=C4C[C@@H](O)CC[C@]4(C)[C@H]3CC[C@]12C. The van der Waals surface area contributed by atoms with Crippen molar-refractivity contribution in [3.05, 3.63) is 11.6 Å². The van der Waals surface area contributed by atoms with Gasteiger partial charge in [-0.25, -0.2) is 0 Å². The molecule has 30 heavy (non-hydrogen) atoms. The summed E-state index contributed by atoms with van der Waals surface area (Å²) in [6, 6.07) is 0. The van der Waals surface area contributed by atoms with Crippen molar-refractivity contribution in [3.63, 3.8) is 0 Å². The topological polar surface area (TPSA) is 37.3 Å². The Morgan fingerprint density at radius 2 is 1.83 bits per heavy atom. The minimum Gasteiger partial charge on any atom is -0.393 e. The van der Waals surface area contributed by atoms with Crippen molar-refractivity contribution in [1.82, 2.24) is 0 Å². The highest BCUT2D eigenvalue weighted by molar-refractivity contribution is 5.85. The van der Waals surface area contributed by atoms with Crippen LogP contribution in [0.3, 0.4) is 0 Å². The van der Waals surface area contributed by atoms with Gasteiger partial charge in [0.05, 0.1) is 6.10 Å². The van der Waals surface area contributed by atoms with Gasteiger partial charge in [-0.2, -0.15) is 0 Å². The molecule has 0 radical (unpaired) electrons. The highest BCUT2D eigenvalue weighted by Gasteiger charge is 2.61. The second kappa shape index (κ2) is 7.19. The van der Waals surface area contributed by atoms with E-state index in [9.17, 15) is 9.90 Å². The summed E-state index contributed by atoms with van der Waals surface area (Å²) in [5.74, 6) is 5.80. The number of hydrogen-bond acceptors (Lipinski definition) is 2. The Morgan fingerprint density at radius 1 is 1.07 bits per heavy atom. The lowest BCUT2D eigenvalue weighted by Gasteiger charge is -2.58. The summed E-state index contributed by atoms with van der Waals surface area (Å²) in [5.41, 5.74) is 2.41. The molecule has 0 aromatic heterocycles. The van der Waals surface area contributed by atoms with Gasteiger partial charge in [-0.05, 0) is 104 Å². The van der Waals surface area contributed by atoms with Gasteiger partial charge in [0, 0.05) is 11.8 Å². The summed E-state index contributed by atoms with van der Waals surface area (Å²) in [6.45, 7) is 11.8. The first-order chi connectivity index (χ1) is 14.2. The fourth-order valence-corrected chi connectivity index (χ4v) is 9.40. The van der Waals surface area contributed by atoms with Crippen LogP contribution >= 0.6 is 0 Å². The van der Waals surface area contributed by atoms with E-state index >= 15 is 0 Å². The Hall–Kier alpha value is -0.630. The van der Waals surface area contributed by atoms with Gasteiger partial charge in [-0.15, -0.1) is 0 Å². The van der Waals surface area contributed by atoms with Gasteiger partial charge in [0.2, 0.25) is 0 Å². The van der Waals surface area contributed by atoms with Gasteiger partial charge in [0.15, 0.2) is 0 Å². The number of fused-ring (bicyclic) bond motifs is 5. The molecule has 0 aromatic carbocycles. The lowest BCUT2D eigenvalue weighted by molar-refractivity contribution is -0.123. The molecule has 0 unspecified atom stereocenters. The van der Waals surface area contributed by atoms with E-state index in [2.05, 4.69) is 40.7 Å². The number of carbonyl (C=O) groups excluding carboxylic acids is 1. The zero-order valence-electron chi connectivity index (χ0n) is 20.0. The van der Waals surface area contributed by atoms with Crippen molar-refractivity contribution in [2.24, 2.45) is 58.2 Å². The van der Waals surface area contributed by atoms with Crippen molar-refractivity contribution in [2.75, 3.05) is 0 Å². The van der Waals surface area contributed by atoms with E-state index in [0.29, 0.717) is 34.4 Å². The number of aliphatic hydroxyl groups is 1. The van der Waals surface area contributed by atoms with Crippen LogP contribution in [-0.4, -0.2) is 17.0 Å². The summed E-state index contributed by atoms with van der Waals surface area (Å²) in [5, 5.41) is 10.2. The Morgan fingerprint density at radius 3 is 2.57 bits per heavy atom. The first-order valence-electron chi connectivity index (χ1n) is 13.1. The smallest absolute Gasteiger partial charge is 0.138 e. The van der Waals surface area contributed by atoms with E-state index < -0.39 is 0 Å². The predicted molar refractivity (Wildman–Crippen MR) is 122 cm³/mol. The second-order valence-electron chi connectivity index (χ2n) is 12.8. The maximum atomic E-state index is 12.6. The number of aliphatic hydroxyl groups excluding tert-OH is 1. The van der Waals surface area contributed by atoms with Crippen LogP contribution in [0.4, 0.5) is 0 Å². The van der Waals surface area contributed by atoms with E-state index in [1.807, 2.05) is 0 Å². The molecule has 10 atom stereocenters. The molecule has 0 aromatic rings. The standard InChI is InChI=1S/C28H44O2/c1-16(2)26(30)22-15-21(22)17(3)23-8-9-24-20-7-6-18-14-19(29)10-12-27(18,4)25(20)11-13-28(23,24)5/h6,16-17,19-25,29H,7-15H2,1-5H3/t17-,19+,20+,21-,22+,23-,24+,25+,27+,28-/m1/s1. The third-order valence-electron chi connectivity index (χ3n) is 11.2. The normalized spacial score (nSPS) is 50.9. The third kappa shape index (κ3) is 3.02. The number of rotatable bonds is 4. The van der Waals surface area contributed by atoms with E-state index in [1.54, 1.807) is 5.57 Å². The third-order valence-corrected chi connectivity index (χ3v) is 11.2. The summed E-state index contributed by atoms with van der Waals surface area (Å²) >= 11 is 0. The number of allylic oxidation sites excluding steroid dienone is 1. The molecule has 0 saturated heterocycles. The van der Waals surface area contributed by atoms with Gasteiger partial charge < -0.3 is 5.11 Å². The molecular weight excluding hydrogens is 368 g/mol. The molecule has 0 amide bonds. The number of ketones is 1. The summed E-state index contributed by atoms with van der Waals surface area (Å²) in [7, 11) is 0. The molecule has 0 spiro atoms. The van der Waals surface area contributed by atoms with Crippen LogP contribution in [-0.2, 0) is 4.79 Å². The Bertz CT molecular complexity index is 737. The number of hydrogen-bond donors (Lipinski definition) is 1. The zero-order chi connectivity index (χ0) is 21.4. The predicted octanol–water partition coefficient (Wildman–Crippen LogP) is 6.42. The van der Waals surface area contributed by atoms with Crippen molar-refractivity contribution >= 4 is 5.78 Å². The van der Waals surface area contributed by atoms with Gasteiger partial charge in [0.25, 0.3) is 0 Å². The molecule has 0 aliphatic heterocycles. The molecule has 5 rings (SSSR count). The highest BCUT2D eigenvalue weighted by atomic mass is 16.3. The molecular formula is C28H44O2. The van der Waals surface area contributed by atoms with E-state index in [0.717, 1.165) is 42.9 Å². The quantitative estimate of drug-likeness (QED) is 0.541. The molecule has 4 fully saturated rings. The van der Waals surface area contributed by atoms with Crippen LogP contribution in [0.1, 0.15) is 92.4 Å². The van der Waals surface area contributed by atoms with Crippen LogP contribution in [0.2, 0.25) is 0 Å². The first-order valence-corrected chi connectivity index (χ1v) is 13.1. The van der Waals surface area contributed by atoms with Crippen molar-refractivity contribution in [3.8, 4) is 0 Å². The van der Waals surface area contributed by atoms with Crippen LogP contribution in [0.15, 0.2) is 11.6 Å². The maximum absolute atomic E-state index is 12.6. The van der Waals surface area contributed by atoms with Gasteiger partial charge >= 0.3 is 0 Å². The average Bonchev–Trinajstić information content (AvgIpc) is 3.42. The molecule has 2 nitrogen and oxygen atoms in total. The summed E-state index contributed by atoms with van der Waals surface area (Å²) in [6.07, 6.45) is 13.5. The lowest BCUT2D eigenvalue weighted by Crippen LogP contribution is -2.51. The molecule has 5 aliphatic carbocycles. The highest BCUT2D eigenvalue weighted by Crippen LogP contribution is 2.68. The average molecular weight is 413 g/mol. The van der Waals surface area contributed by atoms with E-state index in [4.69, 9.17) is 0 Å². The molecule has 1 N–H and O–H groups in total. The minimum atomic E-state index is -0.105. The second-order valence-corrected chi connectivity index (χ2v) is 12.8. The largest absolute Gasteiger partial charge is 0.393 e. The molecule has 5 aliphatic rings. The molecule has 0 bridgehead atoms. The molecule has 2 heteroatoms. The monoisotopic (exact) mass is 412 g/mol. The zero-order valence-corrected chi connectivity index (χ0v) is 20.0. The Kier molecular flexibility index (Phi) is 5.09. The fraction of sp³-hybridized carbons (Fsp3) is 0.893. The molecule has 4 saturated carbocycles.